The van der Waals surface area contributed by atoms with Crippen LogP contribution >= 0.6 is 0 Å². The summed E-state index contributed by atoms with van der Waals surface area (Å²) >= 11 is 0. The molecule has 0 aliphatic carbocycles. The highest BCUT2D eigenvalue weighted by molar-refractivity contribution is 5.80. The van der Waals surface area contributed by atoms with Gasteiger partial charge in [-0.05, 0) is 44.0 Å². The Morgan fingerprint density at radius 1 is 1.20 bits per heavy atom. The van der Waals surface area contributed by atoms with E-state index in [9.17, 15) is 20.4 Å². The van der Waals surface area contributed by atoms with Gasteiger partial charge in [-0.25, -0.2) is 10.0 Å². The van der Waals surface area contributed by atoms with Crippen LogP contribution in [-0.4, -0.2) is 28.0 Å². The number of benzene rings is 2. The number of hydrogen-bond donors (Lipinski definition) is 4. The van der Waals surface area contributed by atoms with Gasteiger partial charge in [0.25, 0.3) is 0 Å². The molecule has 8 heteroatoms. The number of nitrogens with zero attached hydrogens (tertiary/aromatic N) is 1. The van der Waals surface area contributed by atoms with Gasteiger partial charge in [0.05, 0.1) is 11.6 Å². The lowest BCUT2D eigenvalue weighted by Crippen LogP contribution is -2.99. The SMILES string of the molecule is CC(C)(C)OC(=O)NC(Cc1ccccc1)/C(O)=C(\C#N)c1ccc([NH+]([O-])O)cc1. The minimum atomic E-state index is -1.10. The molecule has 0 saturated heterocycles. The number of aliphatic hydroxyl groups excluding tert-OH is 1. The van der Waals surface area contributed by atoms with Crippen LogP contribution in [0.25, 0.3) is 5.57 Å². The van der Waals surface area contributed by atoms with E-state index in [1.54, 1.807) is 20.8 Å². The third kappa shape index (κ3) is 6.60. The van der Waals surface area contributed by atoms with E-state index in [-0.39, 0.29) is 23.4 Å². The van der Waals surface area contributed by atoms with E-state index in [1.165, 1.54) is 24.3 Å². The van der Waals surface area contributed by atoms with Gasteiger partial charge in [-0.1, -0.05) is 30.3 Å². The first-order valence-electron chi connectivity index (χ1n) is 9.31. The third-order valence-corrected chi connectivity index (χ3v) is 4.09. The predicted octanol–water partition coefficient (Wildman–Crippen LogP) is 3.02. The minimum Gasteiger partial charge on any atom is -0.595 e. The number of quaternary nitrogens is 1. The summed E-state index contributed by atoms with van der Waals surface area (Å²) in [6.45, 7) is 5.16. The zero-order chi connectivity index (χ0) is 22.3. The molecule has 2 aromatic rings. The highest BCUT2D eigenvalue weighted by Crippen LogP contribution is 2.22. The molecular weight excluding hydrogens is 386 g/mol. The third-order valence-electron chi connectivity index (χ3n) is 4.09. The van der Waals surface area contributed by atoms with Crippen LogP contribution in [0.4, 0.5) is 10.5 Å². The van der Waals surface area contributed by atoms with Crippen molar-refractivity contribution in [1.82, 2.24) is 5.32 Å². The number of allylic oxidation sites excluding steroid dienone is 1. The highest BCUT2D eigenvalue weighted by Gasteiger charge is 2.25. The Kier molecular flexibility index (Phi) is 7.55. The van der Waals surface area contributed by atoms with Gasteiger partial charge in [0.2, 0.25) is 0 Å². The van der Waals surface area contributed by atoms with Crippen molar-refractivity contribution < 1.29 is 25.1 Å². The Morgan fingerprint density at radius 3 is 2.30 bits per heavy atom. The summed E-state index contributed by atoms with van der Waals surface area (Å²) in [6.07, 6.45) is -0.502. The molecule has 0 saturated carbocycles. The number of nitriles is 1. The van der Waals surface area contributed by atoms with Crippen LogP contribution in [0, 0.1) is 16.5 Å². The van der Waals surface area contributed by atoms with Gasteiger partial charge in [-0.15, -0.1) is 0 Å². The summed E-state index contributed by atoms with van der Waals surface area (Å²) in [5.74, 6) is -0.338. The molecule has 0 bridgehead atoms. The van der Waals surface area contributed by atoms with Crippen LogP contribution in [0.15, 0.2) is 60.4 Å². The Morgan fingerprint density at radius 2 is 1.80 bits per heavy atom. The van der Waals surface area contributed by atoms with Crippen molar-refractivity contribution in [2.75, 3.05) is 0 Å². The zero-order valence-electron chi connectivity index (χ0n) is 17.0. The van der Waals surface area contributed by atoms with E-state index in [1.807, 2.05) is 36.4 Å². The van der Waals surface area contributed by atoms with E-state index in [4.69, 9.17) is 9.94 Å². The number of amides is 1. The maximum Gasteiger partial charge on any atom is 0.408 e. The van der Waals surface area contributed by atoms with Crippen molar-refractivity contribution in [3.05, 3.63) is 76.7 Å². The quantitative estimate of drug-likeness (QED) is 0.328. The molecule has 0 aliphatic rings. The molecule has 0 aliphatic heterocycles. The lowest BCUT2D eigenvalue weighted by molar-refractivity contribution is -0.991. The van der Waals surface area contributed by atoms with Crippen molar-refractivity contribution in [2.45, 2.75) is 38.8 Å². The molecule has 2 rings (SSSR count). The Hall–Kier alpha value is -3.38. The Labute approximate surface area is 175 Å². The van der Waals surface area contributed by atoms with Crippen LogP contribution < -0.4 is 10.5 Å². The van der Waals surface area contributed by atoms with Crippen molar-refractivity contribution in [1.29, 1.82) is 5.26 Å². The molecule has 0 fully saturated rings. The smallest absolute Gasteiger partial charge is 0.408 e. The number of carbonyl (C=O) groups is 1. The first-order valence-corrected chi connectivity index (χ1v) is 9.31. The van der Waals surface area contributed by atoms with E-state index < -0.39 is 23.0 Å². The van der Waals surface area contributed by atoms with Crippen molar-refractivity contribution in [3.63, 3.8) is 0 Å². The molecule has 2 unspecified atom stereocenters. The zero-order valence-corrected chi connectivity index (χ0v) is 17.0. The predicted molar refractivity (Wildman–Crippen MR) is 111 cm³/mol. The number of alkyl carbamates (subject to hydrolysis) is 1. The number of rotatable bonds is 6. The van der Waals surface area contributed by atoms with E-state index in [0.717, 1.165) is 5.56 Å². The second-order valence-corrected chi connectivity index (χ2v) is 7.64. The van der Waals surface area contributed by atoms with Crippen LogP contribution in [0.2, 0.25) is 0 Å². The number of ether oxygens (including phenoxy) is 1. The summed E-state index contributed by atoms with van der Waals surface area (Å²) in [4.78, 5) is 12.3. The first kappa shape index (κ1) is 22.9. The molecule has 4 N–H and O–H groups in total. The number of hydrogen-bond acceptors (Lipinski definition) is 6. The second-order valence-electron chi connectivity index (χ2n) is 7.64. The normalized spacial score (nSPS) is 14.1. The van der Waals surface area contributed by atoms with Crippen LogP contribution in [0.3, 0.4) is 0 Å². The number of nitrogens with one attached hydrogen (secondary N) is 2. The molecule has 0 radical (unpaired) electrons. The fourth-order valence-electron chi connectivity index (χ4n) is 2.74. The van der Waals surface area contributed by atoms with Gasteiger partial charge in [0, 0.05) is 18.6 Å². The highest BCUT2D eigenvalue weighted by atomic mass is 16.8. The van der Waals surface area contributed by atoms with Gasteiger partial charge >= 0.3 is 6.09 Å². The Bertz CT molecular complexity index is 926. The number of carbonyl (C=O) groups excluding carboxylic acids is 1. The lowest BCUT2D eigenvalue weighted by Gasteiger charge is -2.24. The van der Waals surface area contributed by atoms with Crippen molar-refractivity contribution >= 4 is 17.4 Å². The fourth-order valence-corrected chi connectivity index (χ4v) is 2.74. The summed E-state index contributed by atoms with van der Waals surface area (Å²) < 4.78 is 5.29. The van der Waals surface area contributed by atoms with E-state index in [0.29, 0.717) is 5.56 Å². The molecule has 2 atom stereocenters. The molecule has 0 aromatic heterocycles. The monoisotopic (exact) mass is 411 g/mol. The molecule has 30 heavy (non-hydrogen) atoms. The van der Waals surface area contributed by atoms with Crippen molar-refractivity contribution in [2.24, 2.45) is 0 Å². The lowest BCUT2D eigenvalue weighted by atomic mass is 9.98. The topological polar surface area (TPSA) is 130 Å². The molecule has 2 aromatic carbocycles. The summed E-state index contributed by atoms with van der Waals surface area (Å²) in [6, 6.07) is 15.8. The molecule has 0 heterocycles. The maximum absolute atomic E-state index is 12.3. The van der Waals surface area contributed by atoms with Crippen LogP contribution in [0.1, 0.15) is 31.9 Å². The Balaban J connectivity index is 2.40. The summed E-state index contributed by atoms with van der Waals surface area (Å²) in [5.41, 5.74) is 0.436. The average molecular weight is 411 g/mol. The van der Waals surface area contributed by atoms with Crippen LogP contribution in [0.5, 0.6) is 0 Å². The van der Waals surface area contributed by atoms with Gasteiger partial charge in [0.1, 0.15) is 17.4 Å². The minimum absolute atomic E-state index is 0.0586. The van der Waals surface area contributed by atoms with Gasteiger partial charge in [-0.3, -0.25) is 0 Å². The largest absolute Gasteiger partial charge is 0.595 e. The van der Waals surface area contributed by atoms with Crippen LogP contribution in [-0.2, 0) is 11.2 Å². The maximum atomic E-state index is 12.3. The van der Waals surface area contributed by atoms with Gasteiger partial charge in [-0.2, -0.15) is 10.5 Å². The molecule has 158 valence electrons. The summed E-state index contributed by atoms with van der Waals surface area (Å²) in [7, 11) is 0. The van der Waals surface area contributed by atoms with E-state index in [2.05, 4.69) is 5.32 Å². The van der Waals surface area contributed by atoms with E-state index >= 15 is 0 Å². The summed E-state index contributed by atoms with van der Waals surface area (Å²) in [5, 5.41) is 42.1. The van der Waals surface area contributed by atoms with Crippen molar-refractivity contribution in [3.8, 4) is 6.07 Å². The molecule has 0 spiro atoms. The average Bonchev–Trinajstić information content (AvgIpc) is 2.67. The van der Waals surface area contributed by atoms with Gasteiger partial charge < -0.3 is 20.4 Å². The standard InChI is InChI=1S/C22H25N3O5/c1-22(2,3)30-21(27)24-19(13-15-7-5-4-6-8-15)20(26)18(14-23)16-9-11-17(12-10-16)25(28)29/h4-12,19,25-26,28H,13H2,1-3H3,(H,24,27)/b20-18-. The molecule has 1 amide bonds. The van der Waals surface area contributed by atoms with Gasteiger partial charge in [0.15, 0.2) is 5.69 Å². The molecular formula is C22H25N3O5. The number of aliphatic hydroxyl groups is 1. The first-order chi connectivity index (χ1) is 14.1. The second kappa shape index (κ2) is 9.89. The molecule has 8 nitrogen and oxygen atoms in total. The fraction of sp³-hybridized carbons (Fsp3) is 0.273.